The van der Waals surface area contributed by atoms with Crippen LogP contribution in [0.3, 0.4) is 0 Å². The number of benzene rings is 3. The van der Waals surface area contributed by atoms with Crippen LogP contribution in [0.15, 0.2) is 91.0 Å². The van der Waals surface area contributed by atoms with Crippen LogP contribution in [0.25, 0.3) is 0 Å². The third-order valence-electron chi connectivity index (χ3n) is 5.81. The van der Waals surface area contributed by atoms with E-state index in [9.17, 15) is 4.79 Å². The van der Waals surface area contributed by atoms with E-state index in [0.717, 1.165) is 16.7 Å². The van der Waals surface area contributed by atoms with Crippen molar-refractivity contribution in [3.05, 3.63) is 108 Å². The molecule has 2 heterocycles. The number of hydrogen-bond donors (Lipinski definition) is 0. The Kier molecular flexibility index (Phi) is 6.79. The fourth-order valence-electron chi connectivity index (χ4n) is 4.12. The summed E-state index contributed by atoms with van der Waals surface area (Å²) in [5.41, 5.74) is 2.86. The van der Waals surface area contributed by atoms with Gasteiger partial charge in [-0.1, -0.05) is 91.0 Å². The maximum Gasteiger partial charge on any atom is 0.338 e. The van der Waals surface area contributed by atoms with E-state index in [-0.39, 0.29) is 13.2 Å². The van der Waals surface area contributed by atoms with Crippen molar-refractivity contribution in [3.63, 3.8) is 0 Å². The van der Waals surface area contributed by atoms with Gasteiger partial charge in [0.1, 0.15) is 12.2 Å². The predicted molar refractivity (Wildman–Crippen MR) is 120 cm³/mol. The highest BCUT2D eigenvalue weighted by atomic mass is 16.7. The first-order chi connectivity index (χ1) is 16.3. The first-order valence-electron chi connectivity index (χ1n) is 11.1. The second kappa shape index (κ2) is 10.3. The van der Waals surface area contributed by atoms with E-state index in [4.69, 9.17) is 23.7 Å². The summed E-state index contributed by atoms with van der Waals surface area (Å²) in [4.78, 5) is 12.9. The zero-order valence-corrected chi connectivity index (χ0v) is 18.1. The van der Waals surface area contributed by atoms with Gasteiger partial charge in [-0.25, -0.2) is 4.79 Å². The molecule has 2 saturated heterocycles. The predicted octanol–water partition coefficient (Wildman–Crippen LogP) is 4.20. The summed E-state index contributed by atoms with van der Waals surface area (Å²) in [7, 11) is 0. The molecule has 170 valence electrons. The molecule has 5 atom stereocenters. The molecule has 0 aromatic heterocycles. The first kappa shape index (κ1) is 21.8. The molecule has 0 radical (unpaired) electrons. The smallest absolute Gasteiger partial charge is 0.338 e. The molecule has 0 spiro atoms. The normalized spacial score (nSPS) is 26.9. The molecule has 0 amide bonds. The standard InChI is InChI=1S/C27H26O6/c28-26-25(30-17-20-12-6-2-7-13-20)24(29-16-19-10-4-1-5-11-19)23-22(32-26)18-31-27(33-23)21-14-8-3-9-15-21/h1-15,22-25,27H,16-18H2. The summed E-state index contributed by atoms with van der Waals surface area (Å²) >= 11 is 0. The maximum atomic E-state index is 12.9. The van der Waals surface area contributed by atoms with E-state index in [0.29, 0.717) is 6.61 Å². The van der Waals surface area contributed by atoms with Gasteiger partial charge in [0.2, 0.25) is 0 Å². The minimum absolute atomic E-state index is 0.229. The van der Waals surface area contributed by atoms with E-state index >= 15 is 0 Å². The molecule has 0 saturated carbocycles. The largest absolute Gasteiger partial charge is 0.455 e. The van der Waals surface area contributed by atoms with Crippen LogP contribution in [-0.4, -0.2) is 37.0 Å². The Hall–Kier alpha value is -3.03. The third kappa shape index (κ3) is 5.15. The second-order valence-electron chi connectivity index (χ2n) is 8.13. The molecule has 3 aromatic rings. The molecule has 33 heavy (non-hydrogen) atoms. The van der Waals surface area contributed by atoms with Crippen molar-refractivity contribution < 1.29 is 28.5 Å². The van der Waals surface area contributed by atoms with Gasteiger partial charge in [0.25, 0.3) is 0 Å². The molecule has 5 rings (SSSR count). The number of rotatable bonds is 7. The highest BCUT2D eigenvalue weighted by molar-refractivity contribution is 5.77. The lowest BCUT2D eigenvalue weighted by Crippen LogP contribution is -2.61. The van der Waals surface area contributed by atoms with Gasteiger partial charge in [-0.15, -0.1) is 0 Å². The van der Waals surface area contributed by atoms with E-state index in [2.05, 4.69) is 0 Å². The van der Waals surface area contributed by atoms with Crippen molar-refractivity contribution in [1.29, 1.82) is 0 Å². The minimum atomic E-state index is -0.912. The van der Waals surface area contributed by atoms with Crippen molar-refractivity contribution in [1.82, 2.24) is 0 Å². The number of carbonyl (C=O) groups excluding carboxylic acids is 1. The Morgan fingerprint density at radius 3 is 1.97 bits per heavy atom. The van der Waals surface area contributed by atoms with E-state index < -0.39 is 36.7 Å². The molecular weight excluding hydrogens is 420 g/mol. The van der Waals surface area contributed by atoms with E-state index in [1.165, 1.54) is 0 Å². The zero-order valence-electron chi connectivity index (χ0n) is 18.1. The van der Waals surface area contributed by atoms with Gasteiger partial charge in [0.05, 0.1) is 19.8 Å². The molecule has 0 N–H and O–H groups in total. The SMILES string of the molecule is O=C1OC2COC(c3ccccc3)OC2C(OCc2ccccc2)C1OCc1ccccc1. The summed E-state index contributed by atoms with van der Waals surface area (Å²) < 4.78 is 30.2. The average Bonchev–Trinajstić information content (AvgIpc) is 2.88. The van der Waals surface area contributed by atoms with Crippen molar-refractivity contribution in [2.24, 2.45) is 0 Å². The molecule has 5 unspecified atom stereocenters. The number of fused-ring (bicyclic) bond motifs is 1. The lowest BCUT2D eigenvalue weighted by molar-refractivity contribution is -0.311. The minimum Gasteiger partial charge on any atom is -0.455 e. The van der Waals surface area contributed by atoms with Gasteiger partial charge in [-0.2, -0.15) is 0 Å². The van der Waals surface area contributed by atoms with Crippen molar-refractivity contribution >= 4 is 5.97 Å². The van der Waals surface area contributed by atoms with Crippen LogP contribution in [0, 0.1) is 0 Å². The summed E-state index contributed by atoms with van der Waals surface area (Å²) in [5.74, 6) is -0.462. The van der Waals surface area contributed by atoms with Crippen molar-refractivity contribution in [2.45, 2.75) is 43.9 Å². The number of hydrogen-bond acceptors (Lipinski definition) is 6. The summed E-state index contributed by atoms with van der Waals surface area (Å²) in [5, 5.41) is 0. The molecule has 0 aliphatic carbocycles. The monoisotopic (exact) mass is 446 g/mol. The molecule has 6 heteroatoms. The van der Waals surface area contributed by atoms with Crippen LogP contribution < -0.4 is 0 Å². The average molecular weight is 446 g/mol. The molecule has 2 fully saturated rings. The van der Waals surface area contributed by atoms with Crippen LogP contribution in [0.2, 0.25) is 0 Å². The number of esters is 1. The highest BCUT2D eigenvalue weighted by Gasteiger charge is 2.51. The Bertz CT molecular complexity index is 1030. The lowest BCUT2D eigenvalue weighted by Gasteiger charge is -2.45. The van der Waals surface area contributed by atoms with E-state index in [1.54, 1.807) is 0 Å². The fraction of sp³-hybridized carbons (Fsp3) is 0.296. The molecular formula is C27H26O6. The van der Waals surface area contributed by atoms with Gasteiger partial charge in [0, 0.05) is 5.56 Å². The van der Waals surface area contributed by atoms with Crippen LogP contribution >= 0.6 is 0 Å². The first-order valence-corrected chi connectivity index (χ1v) is 11.1. The summed E-state index contributed by atoms with van der Waals surface area (Å²) in [6.45, 7) is 0.821. The quantitative estimate of drug-likeness (QED) is 0.507. The van der Waals surface area contributed by atoms with Gasteiger partial charge in [-0.3, -0.25) is 0 Å². The van der Waals surface area contributed by atoms with Crippen molar-refractivity contribution in [2.75, 3.05) is 6.61 Å². The molecule has 0 bridgehead atoms. The van der Waals surface area contributed by atoms with Gasteiger partial charge in [0.15, 0.2) is 18.5 Å². The fourth-order valence-corrected chi connectivity index (χ4v) is 4.12. The zero-order chi connectivity index (χ0) is 22.5. The topological polar surface area (TPSA) is 63.2 Å². The van der Waals surface area contributed by atoms with Crippen LogP contribution in [0.1, 0.15) is 23.0 Å². The Morgan fingerprint density at radius 2 is 1.33 bits per heavy atom. The highest BCUT2D eigenvalue weighted by Crippen LogP contribution is 2.35. The molecule has 2 aliphatic rings. The second-order valence-corrected chi connectivity index (χ2v) is 8.13. The number of ether oxygens (including phenoxy) is 5. The van der Waals surface area contributed by atoms with Crippen LogP contribution in [0.4, 0.5) is 0 Å². The van der Waals surface area contributed by atoms with E-state index in [1.807, 2.05) is 91.0 Å². The van der Waals surface area contributed by atoms with Gasteiger partial charge in [-0.05, 0) is 11.1 Å². The Labute approximate surface area is 193 Å². The van der Waals surface area contributed by atoms with Gasteiger partial charge < -0.3 is 23.7 Å². The third-order valence-corrected chi connectivity index (χ3v) is 5.81. The van der Waals surface area contributed by atoms with Crippen molar-refractivity contribution in [3.8, 4) is 0 Å². The van der Waals surface area contributed by atoms with Crippen LogP contribution in [0.5, 0.6) is 0 Å². The van der Waals surface area contributed by atoms with Gasteiger partial charge >= 0.3 is 5.97 Å². The summed E-state index contributed by atoms with van der Waals surface area (Å²) in [6.07, 6.45) is -3.21. The Balaban J connectivity index is 1.37. The number of carbonyl (C=O) groups is 1. The molecule has 6 nitrogen and oxygen atoms in total. The maximum absolute atomic E-state index is 12.9. The molecule has 2 aliphatic heterocycles. The lowest BCUT2D eigenvalue weighted by atomic mass is 9.97. The summed E-state index contributed by atoms with van der Waals surface area (Å²) in [6, 6.07) is 29.2. The Morgan fingerprint density at radius 1 is 0.758 bits per heavy atom. The van der Waals surface area contributed by atoms with Crippen LogP contribution in [-0.2, 0) is 41.7 Å². The molecule has 3 aromatic carbocycles.